The molecule has 4 rings (SSSR count). The van der Waals surface area contributed by atoms with Crippen molar-refractivity contribution >= 4 is 5.97 Å². The Morgan fingerprint density at radius 3 is 2.84 bits per heavy atom. The molecular weight excluding hydrogens is 314 g/mol. The zero-order chi connectivity index (χ0) is 17.2. The van der Waals surface area contributed by atoms with Gasteiger partial charge in [0.1, 0.15) is 11.9 Å². The zero-order valence-corrected chi connectivity index (χ0v) is 14.3. The highest BCUT2D eigenvalue weighted by atomic mass is 16.5. The first-order chi connectivity index (χ1) is 12.2. The Morgan fingerprint density at radius 2 is 2.04 bits per heavy atom. The monoisotopic (exact) mass is 335 g/mol. The van der Waals surface area contributed by atoms with Crippen LogP contribution in [0.3, 0.4) is 0 Å². The summed E-state index contributed by atoms with van der Waals surface area (Å²) in [6, 6.07) is 7.96. The quantitative estimate of drug-likeness (QED) is 0.584. The van der Waals surface area contributed by atoms with Crippen LogP contribution in [0.15, 0.2) is 47.6 Å². The maximum absolute atomic E-state index is 11.9. The van der Waals surface area contributed by atoms with Crippen LogP contribution in [0.5, 0.6) is 5.75 Å². The highest BCUT2D eigenvalue weighted by Crippen LogP contribution is 2.34. The van der Waals surface area contributed by atoms with Crippen LogP contribution < -0.4 is 4.74 Å². The highest BCUT2D eigenvalue weighted by Gasteiger charge is 2.40. The summed E-state index contributed by atoms with van der Waals surface area (Å²) in [7, 11) is 1.65. The van der Waals surface area contributed by atoms with E-state index >= 15 is 0 Å². The third-order valence-corrected chi connectivity index (χ3v) is 5.11. The van der Waals surface area contributed by atoms with Gasteiger partial charge in [0.2, 0.25) is 0 Å². The van der Waals surface area contributed by atoms with Crippen molar-refractivity contribution < 1.29 is 14.3 Å². The van der Waals surface area contributed by atoms with Crippen LogP contribution in [-0.4, -0.2) is 43.2 Å². The van der Waals surface area contributed by atoms with Crippen molar-refractivity contribution in [3.05, 3.63) is 53.1 Å². The Kier molecular flexibility index (Phi) is 4.33. The molecule has 0 amide bonds. The second-order valence-corrected chi connectivity index (χ2v) is 6.61. The second-order valence-electron chi connectivity index (χ2n) is 6.61. The Hall–Kier alpha value is -2.51. The maximum atomic E-state index is 11.9. The topological polar surface area (TPSA) is 38.8 Å². The first kappa shape index (κ1) is 16.0. The van der Waals surface area contributed by atoms with Crippen molar-refractivity contribution in [3.63, 3.8) is 0 Å². The summed E-state index contributed by atoms with van der Waals surface area (Å²) in [6.45, 7) is 1.92. The molecule has 1 aromatic carbocycles. The minimum absolute atomic E-state index is 0.174. The van der Waals surface area contributed by atoms with Gasteiger partial charge in [-0.3, -0.25) is 4.90 Å². The lowest BCUT2D eigenvalue weighted by Crippen LogP contribution is -2.46. The molecule has 3 aliphatic heterocycles. The van der Waals surface area contributed by atoms with Gasteiger partial charge in [0.25, 0.3) is 0 Å². The summed E-state index contributed by atoms with van der Waals surface area (Å²) in [4.78, 5) is 14.3. The van der Waals surface area contributed by atoms with E-state index in [0.29, 0.717) is 0 Å². The number of fused-ring (bicyclic) bond motifs is 3. The number of hydrogen-bond donors (Lipinski definition) is 0. The Balaban J connectivity index is 1.64. The number of rotatable bonds is 1. The van der Waals surface area contributed by atoms with Crippen LogP contribution in [0.25, 0.3) is 0 Å². The van der Waals surface area contributed by atoms with E-state index in [-0.39, 0.29) is 18.1 Å². The van der Waals surface area contributed by atoms with Crippen molar-refractivity contribution in [1.82, 2.24) is 4.90 Å². The van der Waals surface area contributed by atoms with E-state index in [1.54, 1.807) is 13.2 Å². The van der Waals surface area contributed by atoms with Crippen molar-refractivity contribution in [2.45, 2.75) is 31.4 Å². The molecule has 3 aliphatic rings. The van der Waals surface area contributed by atoms with Gasteiger partial charge >= 0.3 is 5.97 Å². The lowest BCUT2D eigenvalue weighted by Gasteiger charge is -2.36. The lowest BCUT2D eigenvalue weighted by atomic mass is 9.92. The summed E-state index contributed by atoms with van der Waals surface area (Å²) in [5.41, 5.74) is 2.78. The molecule has 128 valence electrons. The predicted molar refractivity (Wildman–Crippen MR) is 95.1 cm³/mol. The Labute approximate surface area is 148 Å². The fourth-order valence-corrected chi connectivity index (χ4v) is 3.80. The van der Waals surface area contributed by atoms with Crippen LogP contribution in [0.4, 0.5) is 0 Å². The van der Waals surface area contributed by atoms with Crippen LogP contribution in [0.1, 0.15) is 24.8 Å². The van der Waals surface area contributed by atoms with E-state index < -0.39 is 0 Å². The normalized spacial score (nSPS) is 25.4. The predicted octanol–water partition coefficient (Wildman–Crippen LogP) is 2.69. The molecule has 0 aromatic heterocycles. The molecule has 2 atom stereocenters. The standard InChI is InChI=1S/C21H21NO3/c1-24-17-9-6-15(7-10-17)5-8-16-11-13-22-12-3-2-4-19(22)21-18(16)14-20(23)25-21/h6-7,9-11,14,19,21H,2-4,12-13H2,1H3/t19-,21?/m1/s1. The minimum Gasteiger partial charge on any atom is -0.497 e. The molecule has 0 bridgehead atoms. The second kappa shape index (κ2) is 6.78. The fraction of sp³-hybridized carbons (Fsp3) is 0.381. The third kappa shape index (κ3) is 3.20. The number of hydrogen-bond acceptors (Lipinski definition) is 4. The first-order valence-corrected chi connectivity index (χ1v) is 8.77. The minimum atomic E-state index is -0.246. The first-order valence-electron chi connectivity index (χ1n) is 8.77. The summed E-state index contributed by atoms with van der Waals surface area (Å²) in [5, 5.41) is 0. The number of nitrogens with zero attached hydrogens (tertiary/aromatic N) is 1. The van der Waals surface area contributed by atoms with Gasteiger partial charge in [-0.25, -0.2) is 4.79 Å². The summed E-state index contributed by atoms with van der Waals surface area (Å²) in [6.07, 6.45) is 7.06. The number of carbonyl (C=O) groups excluding carboxylic acids is 1. The molecule has 1 fully saturated rings. The van der Waals surface area contributed by atoms with Gasteiger partial charge in [-0.1, -0.05) is 24.3 Å². The van der Waals surface area contributed by atoms with E-state index in [0.717, 1.165) is 42.0 Å². The number of carbonyl (C=O) groups is 1. The van der Waals surface area contributed by atoms with Crippen molar-refractivity contribution in [2.75, 3.05) is 20.2 Å². The van der Waals surface area contributed by atoms with E-state index in [9.17, 15) is 4.79 Å². The molecule has 0 N–H and O–H groups in total. The lowest BCUT2D eigenvalue weighted by molar-refractivity contribution is -0.141. The van der Waals surface area contributed by atoms with Gasteiger partial charge in [-0.2, -0.15) is 0 Å². The number of ether oxygens (including phenoxy) is 2. The average Bonchev–Trinajstić information content (AvgIpc) is 2.97. The maximum Gasteiger partial charge on any atom is 0.331 e. The molecule has 0 radical (unpaired) electrons. The average molecular weight is 335 g/mol. The third-order valence-electron chi connectivity index (χ3n) is 5.11. The van der Waals surface area contributed by atoms with Gasteiger partial charge < -0.3 is 9.47 Å². The molecule has 1 saturated heterocycles. The largest absolute Gasteiger partial charge is 0.497 e. The van der Waals surface area contributed by atoms with Gasteiger partial charge in [-0.15, -0.1) is 0 Å². The van der Waals surface area contributed by atoms with E-state index in [4.69, 9.17) is 9.47 Å². The molecular formula is C21H21NO3. The van der Waals surface area contributed by atoms with Gasteiger partial charge in [0.15, 0.2) is 0 Å². The Morgan fingerprint density at radius 1 is 1.20 bits per heavy atom. The SMILES string of the molecule is COc1ccc(C#CC2=CCN3CCCC[C@@H]3C3OC(=O)C=C23)cc1. The molecule has 1 aromatic rings. The van der Waals surface area contributed by atoms with Gasteiger partial charge in [0.05, 0.1) is 13.2 Å². The number of esters is 1. The van der Waals surface area contributed by atoms with Crippen LogP contribution in [-0.2, 0) is 9.53 Å². The molecule has 0 saturated carbocycles. The Bertz CT molecular complexity index is 795. The molecule has 0 spiro atoms. The molecule has 25 heavy (non-hydrogen) atoms. The summed E-state index contributed by atoms with van der Waals surface area (Å²) < 4.78 is 10.8. The number of methoxy groups -OCH3 is 1. The molecule has 3 heterocycles. The van der Waals surface area contributed by atoms with Crippen molar-refractivity contribution in [3.8, 4) is 17.6 Å². The summed E-state index contributed by atoms with van der Waals surface area (Å²) >= 11 is 0. The van der Waals surface area contributed by atoms with Crippen LogP contribution >= 0.6 is 0 Å². The van der Waals surface area contributed by atoms with E-state index in [1.165, 1.54) is 12.8 Å². The molecule has 4 nitrogen and oxygen atoms in total. The smallest absolute Gasteiger partial charge is 0.331 e. The van der Waals surface area contributed by atoms with Crippen molar-refractivity contribution in [2.24, 2.45) is 0 Å². The number of benzene rings is 1. The fourth-order valence-electron chi connectivity index (χ4n) is 3.80. The van der Waals surface area contributed by atoms with Crippen LogP contribution in [0, 0.1) is 11.8 Å². The van der Waals surface area contributed by atoms with E-state index in [1.807, 2.05) is 24.3 Å². The molecule has 0 aliphatic carbocycles. The zero-order valence-electron chi connectivity index (χ0n) is 14.3. The van der Waals surface area contributed by atoms with Crippen molar-refractivity contribution in [1.29, 1.82) is 0 Å². The van der Waals surface area contributed by atoms with E-state index in [2.05, 4.69) is 22.8 Å². The van der Waals surface area contributed by atoms with Gasteiger partial charge in [0, 0.05) is 29.3 Å². The highest BCUT2D eigenvalue weighted by molar-refractivity contribution is 5.88. The molecule has 4 heteroatoms. The van der Waals surface area contributed by atoms with Gasteiger partial charge in [-0.05, 0) is 43.7 Å². The molecule has 1 unspecified atom stereocenters. The summed E-state index contributed by atoms with van der Waals surface area (Å²) in [5.74, 6) is 7.03. The number of piperidine rings is 1. The van der Waals surface area contributed by atoms with Crippen LogP contribution in [0.2, 0.25) is 0 Å².